The van der Waals surface area contributed by atoms with E-state index >= 15 is 0 Å². The van der Waals surface area contributed by atoms with Gasteiger partial charge in [-0.25, -0.2) is 0 Å². The van der Waals surface area contributed by atoms with E-state index in [0.717, 1.165) is 6.42 Å². The van der Waals surface area contributed by atoms with Gasteiger partial charge < -0.3 is 9.80 Å². The Morgan fingerprint density at radius 2 is 1.52 bits per heavy atom. The Labute approximate surface area is 161 Å². The van der Waals surface area contributed by atoms with Crippen LogP contribution in [0.4, 0.5) is 0 Å². The quantitative estimate of drug-likeness (QED) is 0.818. The third kappa shape index (κ3) is 4.94. The zero-order valence-electron chi connectivity index (χ0n) is 16.1. The van der Waals surface area contributed by atoms with Gasteiger partial charge >= 0.3 is 0 Å². The van der Waals surface area contributed by atoms with Gasteiger partial charge in [0.15, 0.2) is 0 Å². The molecule has 0 atom stereocenters. The van der Waals surface area contributed by atoms with Crippen molar-refractivity contribution in [2.75, 3.05) is 26.2 Å². The normalized spacial score (nSPS) is 14.5. The van der Waals surface area contributed by atoms with Crippen LogP contribution in [0.1, 0.15) is 47.7 Å². The summed E-state index contributed by atoms with van der Waals surface area (Å²) < 4.78 is 0. The molecule has 0 N–H and O–H groups in total. The molecule has 0 saturated carbocycles. The molecule has 0 unspecified atom stereocenters. The lowest BCUT2D eigenvalue weighted by atomic mass is 10.00. The smallest absolute Gasteiger partial charge is 0.254 e. The fourth-order valence-electron chi connectivity index (χ4n) is 3.31. The molecular weight excluding hydrogens is 338 g/mol. The molecule has 0 aliphatic carbocycles. The highest BCUT2D eigenvalue weighted by Crippen LogP contribution is 2.16. The molecule has 5 heteroatoms. The van der Waals surface area contributed by atoms with E-state index < -0.39 is 0 Å². The number of aromatic nitrogens is 1. The zero-order valence-corrected chi connectivity index (χ0v) is 16.1. The number of amides is 2. The Morgan fingerprint density at radius 1 is 0.926 bits per heavy atom. The number of aryl methyl sites for hydroxylation is 1. The fourth-order valence-corrected chi connectivity index (χ4v) is 3.31. The number of carbonyl (C=O) groups is 2. The number of rotatable bonds is 5. The molecule has 1 fully saturated rings. The van der Waals surface area contributed by atoms with Gasteiger partial charge in [-0.2, -0.15) is 0 Å². The summed E-state index contributed by atoms with van der Waals surface area (Å²) in [6.07, 6.45) is 4.52. The standard InChI is InChI=1S/C22H27N3O2/c1-17(2)19-6-3-18(4-7-19)5-8-21(26)24-13-15-25(16-14-24)22(27)20-9-11-23-12-10-20/h3-4,6-7,9-12,17H,5,8,13-16H2,1-2H3. The van der Waals surface area contributed by atoms with Gasteiger partial charge in [0.25, 0.3) is 5.91 Å². The first-order valence-electron chi connectivity index (χ1n) is 9.60. The summed E-state index contributed by atoms with van der Waals surface area (Å²) in [5.41, 5.74) is 3.16. The number of hydrogen-bond donors (Lipinski definition) is 0. The predicted octanol–water partition coefficient (Wildman–Crippen LogP) is 3.12. The van der Waals surface area contributed by atoms with Crippen LogP contribution in [0.25, 0.3) is 0 Å². The van der Waals surface area contributed by atoms with E-state index in [1.54, 1.807) is 24.5 Å². The van der Waals surface area contributed by atoms with Gasteiger partial charge in [-0.3, -0.25) is 14.6 Å². The number of nitrogens with zero attached hydrogens (tertiary/aromatic N) is 3. The number of hydrogen-bond acceptors (Lipinski definition) is 3. The number of pyridine rings is 1. The minimum absolute atomic E-state index is 0.00902. The van der Waals surface area contributed by atoms with Crippen molar-refractivity contribution >= 4 is 11.8 Å². The molecule has 2 heterocycles. The van der Waals surface area contributed by atoms with Gasteiger partial charge in [-0.05, 0) is 35.6 Å². The van der Waals surface area contributed by atoms with Crippen LogP contribution in [0.15, 0.2) is 48.8 Å². The highest BCUT2D eigenvalue weighted by molar-refractivity contribution is 5.94. The highest BCUT2D eigenvalue weighted by atomic mass is 16.2. The summed E-state index contributed by atoms with van der Waals surface area (Å²) in [6, 6.07) is 12.0. The molecule has 1 aromatic carbocycles. The van der Waals surface area contributed by atoms with Crippen LogP contribution in [0, 0.1) is 0 Å². The summed E-state index contributed by atoms with van der Waals surface area (Å²) in [4.78, 5) is 32.6. The van der Waals surface area contributed by atoms with Crippen LogP contribution in [0.3, 0.4) is 0 Å². The van der Waals surface area contributed by atoms with Gasteiger partial charge in [0.2, 0.25) is 5.91 Å². The summed E-state index contributed by atoms with van der Waals surface area (Å²) in [7, 11) is 0. The Morgan fingerprint density at radius 3 is 2.11 bits per heavy atom. The Hall–Kier alpha value is -2.69. The van der Waals surface area contributed by atoms with E-state index in [2.05, 4.69) is 43.1 Å². The van der Waals surface area contributed by atoms with E-state index in [9.17, 15) is 9.59 Å². The molecule has 0 spiro atoms. The van der Waals surface area contributed by atoms with E-state index in [-0.39, 0.29) is 11.8 Å². The van der Waals surface area contributed by atoms with Crippen LogP contribution in [-0.2, 0) is 11.2 Å². The summed E-state index contributed by atoms with van der Waals surface area (Å²) in [5.74, 6) is 0.695. The van der Waals surface area contributed by atoms with Crippen LogP contribution in [0.5, 0.6) is 0 Å². The molecule has 1 aromatic heterocycles. The predicted molar refractivity (Wildman–Crippen MR) is 106 cm³/mol. The monoisotopic (exact) mass is 365 g/mol. The van der Waals surface area contributed by atoms with Gasteiger partial charge in [-0.1, -0.05) is 38.1 Å². The average Bonchev–Trinajstić information content (AvgIpc) is 2.72. The van der Waals surface area contributed by atoms with Crippen molar-refractivity contribution in [3.8, 4) is 0 Å². The molecule has 3 rings (SSSR count). The maximum Gasteiger partial charge on any atom is 0.254 e. The maximum absolute atomic E-state index is 12.5. The first-order chi connectivity index (χ1) is 13.0. The minimum Gasteiger partial charge on any atom is -0.339 e. The lowest BCUT2D eigenvalue weighted by Gasteiger charge is -2.35. The van der Waals surface area contributed by atoms with Crippen LogP contribution >= 0.6 is 0 Å². The third-order valence-corrected chi connectivity index (χ3v) is 5.12. The van der Waals surface area contributed by atoms with E-state index in [4.69, 9.17) is 0 Å². The Balaban J connectivity index is 1.46. The van der Waals surface area contributed by atoms with E-state index in [1.807, 2.05) is 9.80 Å². The second kappa shape index (κ2) is 8.80. The molecule has 1 saturated heterocycles. The van der Waals surface area contributed by atoms with Crippen molar-refractivity contribution in [3.05, 3.63) is 65.5 Å². The van der Waals surface area contributed by atoms with Crippen molar-refractivity contribution in [2.24, 2.45) is 0 Å². The number of benzene rings is 1. The lowest BCUT2D eigenvalue weighted by molar-refractivity contribution is -0.132. The SMILES string of the molecule is CC(C)c1ccc(CCC(=O)N2CCN(C(=O)c3ccncc3)CC2)cc1. The highest BCUT2D eigenvalue weighted by Gasteiger charge is 2.24. The second-order valence-corrected chi connectivity index (χ2v) is 7.31. The lowest BCUT2D eigenvalue weighted by Crippen LogP contribution is -2.50. The topological polar surface area (TPSA) is 53.5 Å². The molecular formula is C22H27N3O2. The molecule has 1 aliphatic heterocycles. The van der Waals surface area contributed by atoms with Crippen molar-refractivity contribution in [3.63, 3.8) is 0 Å². The molecule has 27 heavy (non-hydrogen) atoms. The Kier molecular flexibility index (Phi) is 6.22. The van der Waals surface area contributed by atoms with Crippen molar-refractivity contribution < 1.29 is 9.59 Å². The average molecular weight is 365 g/mol. The van der Waals surface area contributed by atoms with Crippen LogP contribution < -0.4 is 0 Å². The summed E-state index contributed by atoms with van der Waals surface area (Å²) >= 11 is 0. The molecule has 5 nitrogen and oxygen atoms in total. The molecule has 2 amide bonds. The van der Waals surface area contributed by atoms with Crippen molar-refractivity contribution in [2.45, 2.75) is 32.6 Å². The molecule has 0 bridgehead atoms. The molecule has 0 radical (unpaired) electrons. The summed E-state index contributed by atoms with van der Waals surface area (Å²) in [5, 5.41) is 0. The molecule has 2 aromatic rings. The van der Waals surface area contributed by atoms with E-state index in [1.165, 1.54) is 11.1 Å². The first kappa shape index (κ1) is 19.1. The largest absolute Gasteiger partial charge is 0.339 e. The number of piperazine rings is 1. The van der Waals surface area contributed by atoms with Crippen LogP contribution in [0.2, 0.25) is 0 Å². The fraction of sp³-hybridized carbons (Fsp3) is 0.409. The Bertz CT molecular complexity index is 764. The maximum atomic E-state index is 12.5. The zero-order chi connectivity index (χ0) is 19.2. The van der Waals surface area contributed by atoms with Gasteiger partial charge in [0.1, 0.15) is 0 Å². The minimum atomic E-state index is 0.00902. The van der Waals surface area contributed by atoms with Crippen LogP contribution in [-0.4, -0.2) is 52.8 Å². The van der Waals surface area contributed by atoms with Gasteiger partial charge in [0, 0.05) is 50.6 Å². The summed E-state index contributed by atoms with van der Waals surface area (Å²) in [6.45, 7) is 6.71. The number of carbonyl (C=O) groups excluding carboxylic acids is 2. The van der Waals surface area contributed by atoms with E-state index in [0.29, 0.717) is 44.1 Å². The van der Waals surface area contributed by atoms with Crippen molar-refractivity contribution in [1.29, 1.82) is 0 Å². The van der Waals surface area contributed by atoms with Crippen molar-refractivity contribution in [1.82, 2.24) is 14.8 Å². The first-order valence-corrected chi connectivity index (χ1v) is 9.60. The molecule has 1 aliphatic rings. The molecule has 142 valence electrons. The van der Waals surface area contributed by atoms with Gasteiger partial charge in [0.05, 0.1) is 0 Å². The second-order valence-electron chi connectivity index (χ2n) is 7.31. The third-order valence-electron chi connectivity index (χ3n) is 5.12. The van der Waals surface area contributed by atoms with Gasteiger partial charge in [-0.15, -0.1) is 0 Å².